The zero-order valence-electron chi connectivity index (χ0n) is 7.32. The third-order valence-electron chi connectivity index (χ3n) is 1.80. The minimum Gasteiger partial charge on any atom is -0.508 e. The number of rotatable bonds is 2. The van der Waals surface area contributed by atoms with Crippen LogP contribution in [0.25, 0.3) is 0 Å². The number of hydrogen-bond acceptors (Lipinski definition) is 3. The number of phenols is 1. The molecule has 4 heteroatoms. The van der Waals surface area contributed by atoms with Crippen LogP contribution in [0, 0.1) is 0 Å². The van der Waals surface area contributed by atoms with Gasteiger partial charge in [0.1, 0.15) is 5.75 Å². The summed E-state index contributed by atoms with van der Waals surface area (Å²) in [6, 6.07) is 4.06. The van der Waals surface area contributed by atoms with Gasteiger partial charge in [-0.2, -0.15) is 0 Å². The van der Waals surface area contributed by atoms with Crippen LogP contribution in [0.2, 0.25) is 0 Å². The monoisotopic (exact) mass is 180 g/mol. The summed E-state index contributed by atoms with van der Waals surface area (Å²) in [6.45, 7) is 1.72. The molecule has 1 rings (SSSR count). The molecule has 5 N–H and O–H groups in total. The van der Waals surface area contributed by atoms with Gasteiger partial charge in [0.2, 0.25) is 5.91 Å². The number of primary amides is 1. The molecular formula is C9H12N2O2. The van der Waals surface area contributed by atoms with E-state index in [0.29, 0.717) is 11.1 Å². The lowest BCUT2D eigenvalue weighted by Gasteiger charge is -2.08. The number of phenolic OH excluding ortho intramolecular Hbond substituents is 1. The molecule has 0 bridgehead atoms. The molecule has 13 heavy (non-hydrogen) atoms. The van der Waals surface area contributed by atoms with Crippen molar-refractivity contribution in [2.45, 2.75) is 13.0 Å². The molecule has 1 atom stereocenters. The standard InChI is InChI=1S/C9H12N2O2/c1-5(10)7-4-6(9(11)13)2-3-8(7)12/h2-5,12H,10H2,1H3,(H2,11,13)/t5-/m1/s1. The molecule has 0 aliphatic carbocycles. The summed E-state index contributed by atoms with van der Waals surface area (Å²) < 4.78 is 0. The van der Waals surface area contributed by atoms with Crippen LogP contribution in [0.3, 0.4) is 0 Å². The molecule has 0 saturated heterocycles. The van der Waals surface area contributed by atoms with Gasteiger partial charge in [-0.05, 0) is 25.1 Å². The van der Waals surface area contributed by atoms with Crippen molar-refractivity contribution in [1.82, 2.24) is 0 Å². The molecule has 0 fully saturated rings. The highest BCUT2D eigenvalue weighted by Crippen LogP contribution is 2.23. The van der Waals surface area contributed by atoms with Crippen molar-refractivity contribution in [3.63, 3.8) is 0 Å². The molecule has 0 saturated carbocycles. The number of aromatic hydroxyl groups is 1. The van der Waals surface area contributed by atoms with Crippen molar-refractivity contribution in [3.8, 4) is 5.75 Å². The summed E-state index contributed by atoms with van der Waals surface area (Å²) in [5.41, 5.74) is 11.5. The van der Waals surface area contributed by atoms with E-state index < -0.39 is 5.91 Å². The van der Waals surface area contributed by atoms with E-state index in [1.54, 1.807) is 6.92 Å². The van der Waals surface area contributed by atoms with E-state index >= 15 is 0 Å². The molecule has 4 nitrogen and oxygen atoms in total. The van der Waals surface area contributed by atoms with Gasteiger partial charge in [0, 0.05) is 17.2 Å². The van der Waals surface area contributed by atoms with Gasteiger partial charge in [-0.25, -0.2) is 0 Å². The Morgan fingerprint density at radius 3 is 2.62 bits per heavy atom. The summed E-state index contributed by atoms with van der Waals surface area (Å²) in [5, 5.41) is 9.36. The SMILES string of the molecule is C[C@@H](N)c1cc(C(N)=O)ccc1O. The predicted octanol–water partition coefficient (Wildman–Crippen LogP) is 0.511. The lowest BCUT2D eigenvalue weighted by molar-refractivity contribution is 0.1000. The number of hydrogen-bond donors (Lipinski definition) is 3. The summed E-state index contributed by atoms with van der Waals surface area (Å²) in [4.78, 5) is 10.8. The maximum atomic E-state index is 10.8. The molecule has 0 aromatic heterocycles. The van der Waals surface area contributed by atoms with Gasteiger partial charge < -0.3 is 16.6 Å². The summed E-state index contributed by atoms with van der Waals surface area (Å²) >= 11 is 0. The van der Waals surface area contributed by atoms with E-state index in [2.05, 4.69) is 0 Å². The Morgan fingerprint density at radius 1 is 1.54 bits per heavy atom. The fourth-order valence-corrected chi connectivity index (χ4v) is 1.07. The molecule has 1 amide bonds. The average molecular weight is 180 g/mol. The van der Waals surface area contributed by atoms with Crippen molar-refractivity contribution < 1.29 is 9.90 Å². The van der Waals surface area contributed by atoms with Gasteiger partial charge in [-0.15, -0.1) is 0 Å². The fourth-order valence-electron chi connectivity index (χ4n) is 1.07. The minimum atomic E-state index is -0.526. The first-order chi connectivity index (χ1) is 6.02. The highest BCUT2D eigenvalue weighted by atomic mass is 16.3. The second kappa shape index (κ2) is 3.45. The quantitative estimate of drug-likeness (QED) is 0.619. The van der Waals surface area contributed by atoms with Crippen LogP contribution in [0.5, 0.6) is 5.75 Å². The molecule has 0 spiro atoms. The Labute approximate surface area is 76.2 Å². The highest BCUT2D eigenvalue weighted by molar-refractivity contribution is 5.93. The fraction of sp³-hybridized carbons (Fsp3) is 0.222. The van der Waals surface area contributed by atoms with E-state index in [0.717, 1.165) is 0 Å². The lowest BCUT2D eigenvalue weighted by atomic mass is 10.0. The number of amides is 1. The first-order valence-electron chi connectivity index (χ1n) is 3.90. The molecule has 0 unspecified atom stereocenters. The zero-order chi connectivity index (χ0) is 10.0. The van der Waals surface area contributed by atoms with E-state index in [1.165, 1.54) is 18.2 Å². The zero-order valence-corrected chi connectivity index (χ0v) is 7.32. The van der Waals surface area contributed by atoms with Crippen LogP contribution < -0.4 is 11.5 Å². The van der Waals surface area contributed by atoms with E-state index in [4.69, 9.17) is 11.5 Å². The Kier molecular flexibility index (Phi) is 2.53. The van der Waals surface area contributed by atoms with Gasteiger partial charge >= 0.3 is 0 Å². The third kappa shape index (κ3) is 1.97. The lowest BCUT2D eigenvalue weighted by Crippen LogP contribution is -2.13. The normalized spacial score (nSPS) is 12.5. The molecule has 1 aromatic carbocycles. The molecule has 70 valence electrons. The molecule has 0 radical (unpaired) electrons. The van der Waals surface area contributed by atoms with Gasteiger partial charge in [0.05, 0.1) is 0 Å². The molecule has 0 aliphatic rings. The Hall–Kier alpha value is -1.55. The highest BCUT2D eigenvalue weighted by Gasteiger charge is 2.09. The van der Waals surface area contributed by atoms with E-state index in [-0.39, 0.29) is 11.8 Å². The predicted molar refractivity (Wildman–Crippen MR) is 49.2 cm³/mol. The molecule has 0 aliphatic heterocycles. The van der Waals surface area contributed by atoms with Crippen LogP contribution in [-0.4, -0.2) is 11.0 Å². The molecular weight excluding hydrogens is 168 g/mol. The van der Waals surface area contributed by atoms with Crippen LogP contribution >= 0.6 is 0 Å². The summed E-state index contributed by atoms with van der Waals surface area (Å²) in [6.07, 6.45) is 0. The van der Waals surface area contributed by atoms with Crippen LogP contribution in [-0.2, 0) is 0 Å². The first-order valence-corrected chi connectivity index (χ1v) is 3.90. The number of benzene rings is 1. The van der Waals surface area contributed by atoms with Gasteiger partial charge in [0.15, 0.2) is 0 Å². The second-order valence-electron chi connectivity index (χ2n) is 2.93. The van der Waals surface area contributed by atoms with Crippen molar-refractivity contribution in [2.24, 2.45) is 11.5 Å². The van der Waals surface area contributed by atoms with Gasteiger partial charge in [-0.1, -0.05) is 0 Å². The molecule has 0 heterocycles. The maximum absolute atomic E-state index is 10.8. The minimum absolute atomic E-state index is 0.0833. The van der Waals surface area contributed by atoms with E-state index in [1.807, 2.05) is 0 Å². The summed E-state index contributed by atoms with van der Waals surface area (Å²) in [7, 11) is 0. The number of carbonyl (C=O) groups is 1. The largest absolute Gasteiger partial charge is 0.508 e. The van der Waals surface area contributed by atoms with E-state index in [9.17, 15) is 9.90 Å². The average Bonchev–Trinajstić information content (AvgIpc) is 2.04. The van der Waals surface area contributed by atoms with Crippen LogP contribution in [0.15, 0.2) is 18.2 Å². The van der Waals surface area contributed by atoms with Crippen LogP contribution in [0.4, 0.5) is 0 Å². The first kappa shape index (κ1) is 9.54. The Morgan fingerprint density at radius 2 is 2.15 bits per heavy atom. The summed E-state index contributed by atoms with van der Waals surface area (Å²) in [5.74, 6) is -0.443. The Balaban J connectivity index is 3.19. The Bertz CT molecular complexity index is 334. The van der Waals surface area contributed by atoms with Gasteiger partial charge in [-0.3, -0.25) is 4.79 Å². The maximum Gasteiger partial charge on any atom is 0.248 e. The van der Waals surface area contributed by atoms with Crippen molar-refractivity contribution in [2.75, 3.05) is 0 Å². The van der Waals surface area contributed by atoms with Crippen LogP contribution in [0.1, 0.15) is 28.9 Å². The molecule has 1 aromatic rings. The van der Waals surface area contributed by atoms with Crippen molar-refractivity contribution in [1.29, 1.82) is 0 Å². The third-order valence-corrected chi connectivity index (χ3v) is 1.80. The second-order valence-corrected chi connectivity index (χ2v) is 2.93. The smallest absolute Gasteiger partial charge is 0.248 e. The van der Waals surface area contributed by atoms with Crippen molar-refractivity contribution >= 4 is 5.91 Å². The van der Waals surface area contributed by atoms with Gasteiger partial charge in [0.25, 0.3) is 0 Å². The van der Waals surface area contributed by atoms with Crippen molar-refractivity contribution in [3.05, 3.63) is 29.3 Å². The topological polar surface area (TPSA) is 89.3 Å². The number of carbonyl (C=O) groups excluding carboxylic acids is 1. The number of nitrogens with two attached hydrogens (primary N) is 2.